The zero-order chi connectivity index (χ0) is 31.1. The molecular weight excluding hydrogens is 609 g/mol. The largest absolute Gasteiger partial charge is 0.352 e. The molecule has 11 heteroatoms. The highest BCUT2D eigenvalue weighted by Gasteiger charge is 2.34. The summed E-state index contributed by atoms with van der Waals surface area (Å²) in [5.74, 6) is -1.14. The van der Waals surface area contributed by atoms with Gasteiger partial charge in [0.2, 0.25) is 21.8 Å². The maximum Gasteiger partial charge on any atom is 0.244 e. The molecule has 1 N–H and O–H groups in total. The van der Waals surface area contributed by atoms with Crippen molar-refractivity contribution in [3.8, 4) is 0 Å². The summed E-state index contributed by atoms with van der Waals surface area (Å²) in [5.41, 5.74) is 1.95. The van der Waals surface area contributed by atoms with Crippen LogP contribution in [0.3, 0.4) is 0 Å². The van der Waals surface area contributed by atoms with E-state index in [4.69, 9.17) is 23.2 Å². The lowest BCUT2D eigenvalue weighted by molar-refractivity contribution is -0.140. The number of hydrogen-bond donors (Lipinski definition) is 1. The Balaban J connectivity index is 1.75. The van der Waals surface area contributed by atoms with E-state index >= 15 is 0 Å². The zero-order valence-electron chi connectivity index (χ0n) is 24.1. The molecule has 4 rings (SSSR count). The van der Waals surface area contributed by atoms with Crippen molar-refractivity contribution in [1.82, 2.24) is 10.2 Å². The number of Topliss-reactive ketones (excluding diaryl/α,β-unsaturated/α-hetero) is 1. The Morgan fingerprint density at radius 1 is 0.907 bits per heavy atom. The van der Waals surface area contributed by atoms with Gasteiger partial charge < -0.3 is 10.2 Å². The highest BCUT2D eigenvalue weighted by atomic mass is 35.5. The van der Waals surface area contributed by atoms with Crippen LogP contribution in [0, 0.1) is 0 Å². The van der Waals surface area contributed by atoms with Gasteiger partial charge in [-0.25, -0.2) is 8.42 Å². The second kappa shape index (κ2) is 14.4. The van der Waals surface area contributed by atoms with E-state index in [1.54, 1.807) is 30.3 Å². The summed E-state index contributed by atoms with van der Waals surface area (Å²) in [6.07, 6.45) is 4.97. The number of hydrogen-bond acceptors (Lipinski definition) is 5. The van der Waals surface area contributed by atoms with E-state index < -0.39 is 28.5 Å². The van der Waals surface area contributed by atoms with Gasteiger partial charge >= 0.3 is 0 Å². The maximum atomic E-state index is 14.2. The molecule has 0 aromatic heterocycles. The lowest BCUT2D eigenvalue weighted by Crippen LogP contribution is -2.54. The summed E-state index contributed by atoms with van der Waals surface area (Å²) in [4.78, 5) is 41.6. The van der Waals surface area contributed by atoms with Gasteiger partial charge in [-0.3, -0.25) is 18.7 Å². The molecule has 228 valence electrons. The smallest absolute Gasteiger partial charge is 0.244 e. The molecule has 0 saturated heterocycles. The van der Waals surface area contributed by atoms with E-state index in [1.807, 2.05) is 30.3 Å². The number of nitrogens with one attached hydrogen (secondary N) is 1. The van der Waals surface area contributed by atoms with Crippen molar-refractivity contribution in [3.63, 3.8) is 0 Å². The molecule has 0 spiro atoms. The summed E-state index contributed by atoms with van der Waals surface area (Å²) in [7, 11) is -3.96. The average Bonchev–Trinajstić information content (AvgIpc) is 3.48. The molecule has 1 fully saturated rings. The Morgan fingerprint density at radius 3 is 2.23 bits per heavy atom. The molecule has 1 aliphatic carbocycles. The van der Waals surface area contributed by atoms with Crippen LogP contribution in [0.5, 0.6) is 0 Å². The lowest BCUT2D eigenvalue weighted by atomic mass is 10.0. The number of carbonyl (C=O) groups is 3. The predicted octanol–water partition coefficient (Wildman–Crippen LogP) is 5.66. The van der Waals surface area contributed by atoms with Crippen LogP contribution >= 0.6 is 23.2 Å². The molecule has 1 aliphatic rings. The van der Waals surface area contributed by atoms with E-state index in [2.05, 4.69) is 5.32 Å². The Labute approximate surface area is 263 Å². The molecule has 2 amide bonds. The number of amides is 2. The molecule has 0 heterocycles. The summed E-state index contributed by atoms with van der Waals surface area (Å²) in [5, 5.41) is 3.76. The third-order valence-corrected chi connectivity index (χ3v) is 9.41. The van der Waals surface area contributed by atoms with Crippen molar-refractivity contribution in [1.29, 1.82) is 0 Å². The highest BCUT2D eigenvalue weighted by molar-refractivity contribution is 7.92. The van der Waals surface area contributed by atoms with E-state index in [9.17, 15) is 22.8 Å². The van der Waals surface area contributed by atoms with Gasteiger partial charge in [-0.1, -0.05) is 84.6 Å². The number of ketones is 1. The molecule has 1 saturated carbocycles. The quantitative estimate of drug-likeness (QED) is 0.257. The normalized spacial score (nSPS) is 14.2. The molecular formula is C32H35Cl2N3O5S. The average molecular weight is 645 g/mol. The Morgan fingerprint density at radius 2 is 1.60 bits per heavy atom. The fourth-order valence-electron chi connectivity index (χ4n) is 5.25. The van der Waals surface area contributed by atoms with E-state index in [0.29, 0.717) is 21.2 Å². The van der Waals surface area contributed by atoms with Crippen LogP contribution in [0.25, 0.3) is 0 Å². The van der Waals surface area contributed by atoms with Crippen molar-refractivity contribution >= 4 is 56.5 Å². The Hall–Kier alpha value is -3.40. The highest BCUT2D eigenvalue weighted by Crippen LogP contribution is 2.26. The summed E-state index contributed by atoms with van der Waals surface area (Å²) in [6, 6.07) is 19.5. The lowest BCUT2D eigenvalue weighted by Gasteiger charge is -2.34. The summed E-state index contributed by atoms with van der Waals surface area (Å²) < 4.78 is 26.9. The monoisotopic (exact) mass is 643 g/mol. The van der Waals surface area contributed by atoms with Crippen LogP contribution in [0.2, 0.25) is 10.0 Å². The second-order valence-electron chi connectivity index (χ2n) is 10.8. The van der Waals surface area contributed by atoms with Crippen molar-refractivity contribution in [2.75, 3.05) is 17.1 Å². The number of benzene rings is 3. The van der Waals surface area contributed by atoms with Crippen molar-refractivity contribution in [3.05, 3.63) is 99.5 Å². The van der Waals surface area contributed by atoms with Crippen molar-refractivity contribution in [2.45, 2.75) is 57.7 Å². The molecule has 1 unspecified atom stereocenters. The molecule has 0 radical (unpaired) electrons. The van der Waals surface area contributed by atoms with E-state index in [1.165, 1.54) is 24.0 Å². The van der Waals surface area contributed by atoms with Crippen LogP contribution in [0.4, 0.5) is 5.69 Å². The van der Waals surface area contributed by atoms with Crippen LogP contribution in [0.1, 0.15) is 54.1 Å². The molecule has 0 aliphatic heterocycles. The molecule has 3 aromatic rings. The van der Waals surface area contributed by atoms with E-state index in [0.717, 1.165) is 41.8 Å². The van der Waals surface area contributed by atoms with Crippen LogP contribution in [-0.4, -0.2) is 55.8 Å². The minimum atomic E-state index is -3.96. The van der Waals surface area contributed by atoms with Gasteiger partial charge in [0.05, 0.1) is 22.0 Å². The number of nitrogens with zero attached hydrogens (tertiary/aromatic N) is 2. The Kier molecular flexibility index (Phi) is 10.9. The van der Waals surface area contributed by atoms with Gasteiger partial charge in [-0.05, 0) is 55.2 Å². The number of anilines is 1. The topological polar surface area (TPSA) is 104 Å². The van der Waals surface area contributed by atoms with Crippen molar-refractivity contribution in [2.24, 2.45) is 0 Å². The van der Waals surface area contributed by atoms with Crippen LogP contribution < -0.4 is 9.62 Å². The number of halogens is 2. The Bertz CT molecular complexity index is 1580. The predicted molar refractivity (Wildman–Crippen MR) is 170 cm³/mol. The number of rotatable bonds is 12. The summed E-state index contributed by atoms with van der Waals surface area (Å²) >= 11 is 12.4. The fraction of sp³-hybridized carbons (Fsp3) is 0.344. The minimum absolute atomic E-state index is 0.00883. The van der Waals surface area contributed by atoms with Gasteiger partial charge in [-0.15, -0.1) is 0 Å². The third kappa shape index (κ3) is 8.81. The number of sulfonamides is 1. The second-order valence-corrected chi connectivity index (χ2v) is 13.6. The van der Waals surface area contributed by atoms with Gasteiger partial charge in [0, 0.05) is 24.6 Å². The first-order chi connectivity index (χ1) is 20.4. The van der Waals surface area contributed by atoms with Gasteiger partial charge in [0.15, 0.2) is 5.78 Å². The fourth-order valence-corrected chi connectivity index (χ4v) is 6.41. The first-order valence-electron chi connectivity index (χ1n) is 14.1. The van der Waals surface area contributed by atoms with Gasteiger partial charge in [0.25, 0.3) is 0 Å². The van der Waals surface area contributed by atoms with E-state index in [-0.39, 0.29) is 36.4 Å². The molecule has 43 heavy (non-hydrogen) atoms. The van der Waals surface area contributed by atoms with Crippen LogP contribution in [-0.2, 0) is 32.6 Å². The SMILES string of the molecule is CC(=O)c1cccc(N(CC(=O)N(Cc2ccc(Cl)c(Cl)c2)C(Cc2ccccc2)C(=O)NC2CCCC2)S(C)(=O)=O)c1. The standard InChI is InChI=1S/C32H35Cl2N3O5S/c1-22(38)25-11-8-14-27(19-25)37(43(2,41)42)21-31(39)36(20-24-15-16-28(33)29(34)17-24)30(18-23-9-4-3-5-10-23)32(40)35-26-12-6-7-13-26/h3-5,8-11,14-17,19,26,30H,6-7,12-13,18,20-21H2,1-2H3,(H,35,40). The molecule has 0 bridgehead atoms. The first-order valence-corrected chi connectivity index (χ1v) is 16.7. The minimum Gasteiger partial charge on any atom is -0.352 e. The first kappa shape index (κ1) is 32.5. The van der Waals surface area contributed by atoms with Gasteiger partial charge in [-0.2, -0.15) is 0 Å². The van der Waals surface area contributed by atoms with Crippen LogP contribution in [0.15, 0.2) is 72.8 Å². The number of carbonyl (C=O) groups excluding carboxylic acids is 3. The molecule has 8 nitrogen and oxygen atoms in total. The molecule has 1 atom stereocenters. The zero-order valence-corrected chi connectivity index (χ0v) is 26.5. The third-order valence-electron chi connectivity index (χ3n) is 7.53. The van der Waals surface area contributed by atoms with Gasteiger partial charge in [0.1, 0.15) is 12.6 Å². The maximum absolute atomic E-state index is 14.2. The van der Waals surface area contributed by atoms with Crippen molar-refractivity contribution < 1.29 is 22.8 Å². The summed E-state index contributed by atoms with van der Waals surface area (Å²) in [6.45, 7) is 0.783. The molecule has 3 aromatic carbocycles.